The Balaban J connectivity index is 2.02. The molecule has 0 amide bonds. The SMILES string of the molecule is CC(CO)c1cc(Oc2c(Cl)cc(-c3nn(C)c(=O)[nH]c3=O)cc2Cl)n[nH]c1=O. The first-order valence-electron chi connectivity index (χ1n) is 8.26. The zero-order valence-corrected chi connectivity index (χ0v) is 16.7. The molecule has 3 aromatic rings. The minimum Gasteiger partial charge on any atom is -0.434 e. The van der Waals surface area contributed by atoms with Crippen LogP contribution < -0.4 is 21.5 Å². The third kappa shape index (κ3) is 4.24. The van der Waals surface area contributed by atoms with Crippen molar-refractivity contribution in [1.29, 1.82) is 0 Å². The molecule has 12 heteroatoms. The van der Waals surface area contributed by atoms with Crippen LogP contribution in [0.5, 0.6) is 11.6 Å². The molecule has 1 unspecified atom stereocenters. The van der Waals surface area contributed by atoms with Gasteiger partial charge in [0.25, 0.3) is 11.1 Å². The molecule has 0 aliphatic heterocycles. The van der Waals surface area contributed by atoms with Crippen LogP contribution in [-0.2, 0) is 7.05 Å². The van der Waals surface area contributed by atoms with Crippen LogP contribution in [0.2, 0.25) is 10.0 Å². The van der Waals surface area contributed by atoms with E-state index >= 15 is 0 Å². The summed E-state index contributed by atoms with van der Waals surface area (Å²) in [5.74, 6) is -0.380. The van der Waals surface area contributed by atoms with E-state index in [-0.39, 0.29) is 45.1 Å². The molecule has 2 heterocycles. The number of aromatic nitrogens is 5. The largest absolute Gasteiger partial charge is 0.434 e. The fourth-order valence-electron chi connectivity index (χ4n) is 2.48. The number of benzene rings is 1. The summed E-state index contributed by atoms with van der Waals surface area (Å²) >= 11 is 12.5. The monoisotopic (exact) mass is 439 g/mol. The molecule has 3 N–H and O–H groups in total. The maximum absolute atomic E-state index is 12.0. The number of hydrogen-bond donors (Lipinski definition) is 3. The summed E-state index contributed by atoms with van der Waals surface area (Å²) < 4.78 is 6.58. The number of aliphatic hydroxyl groups excluding tert-OH is 1. The average Bonchev–Trinajstić information content (AvgIpc) is 2.68. The van der Waals surface area contributed by atoms with Crippen LogP contribution in [-0.4, -0.2) is 36.7 Å². The predicted octanol–water partition coefficient (Wildman–Crippen LogP) is 1.41. The van der Waals surface area contributed by atoms with Gasteiger partial charge >= 0.3 is 5.69 Å². The summed E-state index contributed by atoms with van der Waals surface area (Å²) in [6.07, 6.45) is 0. The lowest BCUT2D eigenvalue weighted by Gasteiger charge is -2.12. The van der Waals surface area contributed by atoms with E-state index in [1.807, 2.05) is 0 Å². The molecule has 0 saturated carbocycles. The number of ether oxygens (including phenoxy) is 1. The molecule has 0 fully saturated rings. The first kappa shape index (κ1) is 20.8. The number of halogens is 2. The first-order chi connectivity index (χ1) is 13.7. The van der Waals surface area contributed by atoms with Crippen LogP contribution in [0.25, 0.3) is 11.3 Å². The van der Waals surface area contributed by atoms with E-state index in [0.717, 1.165) is 4.68 Å². The van der Waals surface area contributed by atoms with E-state index in [1.54, 1.807) is 6.92 Å². The van der Waals surface area contributed by atoms with Crippen molar-refractivity contribution >= 4 is 23.2 Å². The molecule has 0 spiro atoms. The molecule has 29 heavy (non-hydrogen) atoms. The van der Waals surface area contributed by atoms with E-state index in [1.165, 1.54) is 25.2 Å². The van der Waals surface area contributed by atoms with Crippen molar-refractivity contribution in [3.63, 3.8) is 0 Å². The molecule has 3 rings (SSSR count). The van der Waals surface area contributed by atoms with Gasteiger partial charge in [0, 0.05) is 36.8 Å². The van der Waals surface area contributed by atoms with Crippen molar-refractivity contribution in [3.8, 4) is 22.9 Å². The maximum atomic E-state index is 12.0. The summed E-state index contributed by atoms with van der Waals surface area (Å²) in [5.41, 5.74) is -1.31. The first-order valence-corrected chi connectivity index (χ1v) is 9.02. The predicted molar refractivity (Wildman–Crippen MR) is 106 cm³/mol. The highest BCUT2D eigenvalue weighted by Crippen LogP contribution is 2.38. The summed E-state index contributed by atoms with van der Waals surface area (Å²) in [6.45, 7) is 1.44. The average molecular weight is 440 g/mol. The number of aromatic amines is 2. The van der Waals surface area contributed by atoms with Crippen LogP contribution in [0.3, 0.4) is 0 Å². The van der Waals surface area contributed by atoms with Crippen molar-refractivity contribution in [1.82, 2.24) is 25.0 Å². The maximum Gasteiger partial charge on any atom is 0.344 e. The fourth-order valence-corrected chi connectivity index (χ4v) is 3.05. The molecule has 1 aromatic carbocycles. The zero-order valence-electron chi connectivity index (χ0n) is 15.2. The van der Waals surface area contributed by atoms with E-state index in [4.69, 9.17) is 27.9 Å². The van der Waals surface area contributed by atoms with Crippen LogP contribution in [0.4, 0.5) is 0 Å². The van der Waals surface area contributed by atoms with Gasteiger partial charge in [-0.1, -0.05) is 30.1 Å². The van der Waals surface area contributed by atoms with E-state index < -0.39 is 22.7 Å². The third-order valence-electron chi connectivity index (χ3n) is 4.07. The molecular formula is C17H15Cl2N5O5. The van der Waals surface area contributed by atoms with Gasteiger partial charge in [0.05, 0.1) is 10.0 Å². The van der Waals surface area contributed by atoms with Crippen LogP contribution in [0.1, 0.15) is 18.4 Å². The van der Waals surface area contributed by atoms with E-state index in [0.29, 0.717) is 0 Å². The Hall–Kier alpha value is -2.95. The van der Waals surface area contributed by atoms with Gasteiger partial charge in [-0.15, -0.1) is 5.10 Å². The lowest BCUT2D eigenvalue weighted by atomic mass is 10.1. The minimum absolute atomic E-state index is 0.00882. The number of rotatable bonds is 5. The Morgan fingerprint density at radius 2 is 1.83 bits per heavy atom. The molecule has 0 radical (unpaired) electrons. The van der Waals surface area contributed by atoms with Crippen molar-refractivity contribution in [2.75, 3.05) is 6.61 Å². The highest BCUT2D eigenvalue weighted by molar-refractivity contribution is 6.37. The Labute approximate surface area is 172 Å². The topological polar surface area (TPSA) is 143 Å². The number of aryl methyl sites for hydroxylation is 1. The molecular weight excluding hydrogens is 425 g/mol. The molecule has 2 aromatic heterocycles. The zero-order chi connectivity index (χ0) is 21.3. The van der Waals surface area contributed by atoms with Gasteiger partial charge in [-0.25, -0.2) is 14.6 Å². The van der Waals surface area contributed by atoms with Crippen molar-refractivity contribution < 1.29 is 9.84 Å². The van der Waals surface area contributed by atoms with Crippen LogP contribution >= 0.6 is 23.2 Å². The van der Waals surface area contributed by atoms with Gasteiger partial charge < -0.3 is 9.84 Å². The Bertz CT molecular complexity index is 1230. The summed E-state index contributed by atoms with van der Waals surface area (Å²) in [4.78, 5) is 37.5. The second-order valence-electron chi connectivity index (χ2n) is 6.18. The van der Waals surface area contributed by atoms with Gasteiger partial charge in [-0.3, -0.25) is 14.6 Å². The molecule has 0 saturated heterocycles. The molecule has 0 bridgehead atoms. The van der Waals surface area contributed by atoms with Crippen LogP contribution in [0, 0.1) is 0 Å². The van der Waals surface area contributed by atoms with Gasteiger partial charge in [0.1, 0.15) is 0 Å². The third-order valence-corrected chi connectivity index (χ3v) is 4.63. The second-order valence-corrected chi connectivity index (χ2v) is 6.99. The van der Waals surface area contributed by atoms with Gasteiger partial charge in [0.2, 0.25) is 5.88 Å². The Morgan fingerprint density at radius 3 is 2.45 bits per heavy atom. The van der Waals surface area contributed by atoms with Crippen molar-refractivity contribution in [3.05, 3.63) is 65.0 Å². The standard InChI is InChI=1S/C17H15Cl2N5O5/c1-7(6-25)9-5-12(21-22-15(9)26)29-14-10(18)3-8(4-11(14)19)13-16(27)20-17(28)24(2)23-13/h3-5,7,25H,6H2,1-2H3,(H,22,26)(H,20,27,28). The Morgan fingerprint density at radius 1 is 1.17 bits per heavy atom. The Kier molecular flexibility index (Phi) is 5.87. The molecule has 0 aliphatic rings. The second kappa shape index (κ2) is 8.19. The quantitative estimate of drug-likeness (QED) is 0.545. The fraction of sp³-hybridized carbons (Fsp3) is 0.235. The molecule has 10 nitrogen and oxygen atoms in total. The van der Waals surface area contributed by atoms with Crippen molar-refractivity contribution in [2.45, 2.75) is 12.8 Å². The summed E-state index contributed by atoms with van der Waals surface area (Å²) in [6, 6.07) is 4.17. The van der Waals surface area contributed by atoms with E-state index in [9.17, 15) is 19.5 Å². The molecule has 1 atom stereocenters. The highest BCUT2D eigenvalue weighted by atomic mass is 35.5. The minimum atomic E-state index is -0.696. The van der Waals surface area contributed by atoms with Crippen LogP contribution in [0.15, 0.2) is 32.6 Å². The van der Waals surface area contributed by atoms with Crippen molar-refractivity contribution in [2.24, 2.45) is 7.05 Å². The summed E-state index contributed by atoms with van der Waals surface area (Å²) in [7, 11) is 1.38. The smallest absolute Gasteiger partial charge is 0.344 e. The van der Waals surface area contributed by atoms with Gasteiger partial charge in [-0.2, -0.15) is 5.10 Å². The van der Waals surface area contributed by atoms with Gasteiger partial charge in [-0.05, 0) is 12.1 Å². The lowest BCUT2D eigenvalue weighted by molar-refractivity contribution is 0.272. The number of nitrogens with one attached hydrogen (secondary N) is 2. The van der Waals surface area contributed by atoms with Gasteiger partial charge in [0.15, 0.2) is 11.4 Å². The summed E-state index contributed by atoms with van der Waals surface area (Å²) in [5, 5.41) is 19.3. The number of nitrogens with zero attached hydrogens (tertiary/aromatic N) is 3. The molecule has 0 aliphatic carbocycles. The highest BCUT2D eigenvalue weighted by Gasteiger charge is 2.17. The lowest BCUT2D eigenvalue weighted by Crippen LogP contribution is -2.31. The normalized spacial score (nSPS) is 12.0. The number of aliphatic hydroxyl groups is 1. The van der Waals surface area contributed by atoms with E-state index in [2.05, 4.69) is 20.3 Å². The number of hydrogen-bond acceptors (Lipinski definition) is 7. The number of H-pyrrole nitrogens is 2. The molecule has 152 valence electrons.